The van der Waals surface area contributed by atoms with E-state index in [1.165, 1.54) is 0 Å². The van der Waals surface area contributed by atoms with Gasteiger partial charge in [0, 0.05) is 26.4 Å². The normalized spacial score (nSPS) is 17.5. The van der Waals surface area contributed by atoms with Gasteiger partial charge in [-0.2, -0.15) is 0 Å². The van der Waals surface area contributed by atoms with Gasteiger partial charge in [-0.3, -0.25) is 0 Å². The molecule has 30 heavy (non-hydrogen) atoms. The Labute approximate surface area is 184 Å². The Morgan fingerprint density at radius 3 is 1.33 bits per heavy atom. The monoisotopic (exact) mass is 430 g/mol. The maximum absolute atomic E-state index is 8.82. The molecule has 0 spiro atoms. The highest BCUT2D eigenvalue weighted by Crippen LogP contribution is 2.27. The van der Waals surface area contributed by atoms with Crippen LogP contribution in [0.2, 0.25) is 0 Å². The summed E-state index contributed by atoms with van der Waals surface area (Å²) in [6.45, 7) is 15.9. The minimum Gasteiger partial charge on any atom is -0.396 e. The molecule has 0 heterocycles. The van der Waals surface area contributed by atoms with Crippen molar-refractivity contribution in [3.63, 3.8) is 0 Å². The van der Waals surface area contributed by atoms with E-state index in [9.17, 15) is 0 Å². The van der Waals surface area contributed by atoms with Crippen molar-refractivity contribution in [1.82, 2.24) is 0 Å². The minimum absolute atomic E-state index is 0.136. The van der Waals surface area contributed by atoms with Crippen molar-refractivity contribution in [2.75, 3.05) is 52.9 Å². The van der Waals surface area contributed by atoms with Crippen molar-refractivity contribution in [3.8, 4) is 11.8 Å². The van der Waals surface area contributed by atoms with Crippen molar-refractivity contribution < 1.29 is 29.2 Å². The first-order valence-corrected chi connectivity index (χ1v) is 11.5. The van der Waals surface area contributed by atoms with Crippen LogP contribution in [0, 0.1) is 23.7 Å². The van der Waals surface area contributed by atoms with Crippen molar-refractivity contribution in [2.24, 2.45) is 11.8 Å². The minimum atomic E-state index is -0.592. The van der Waals surface area contributed by atoms with Crippen LogP contribution >= 0.6 is 0 Å². The maximum atomic E-state index is 8.82. The van der Waals surface area contributed by atoms with E-state index in [-0.39, 0.29) is 25.0 Å². The van der Waals surface area contributed by atoms with Gasteiger partial charge in [-0.25, -0.2) is 0 Å². The standard InChI is InChI=1S/C24H46O6/c1-7-21(3)23(5,29-19-17-27-15-9-13-25)11-12-24(6,22(4)8-2)30-20-18-28-16-10-14-26/h21-22,25-26H,7-10,13-20H2,1-6H3. The van der Waals surface area contributed by atoms with Gasteiger partial charge in [-0.05, 0) is 51.4 Å². The number of hydrogen-bond donors (Lipinski definition) is 2. The molecule has 6 nitrogen and oxygen atoms in total. The Balaban J connectivity index is 5.07. The van der Waals surface area contributed by atoms with E-state index >= 15 is 0 Å². The fraction of sp³-hybridized carbons (Fsp3) is 0.917. The lowest BCUT2D eigenvalue weighted by molar-refractivity contribution is -0.0588. The average Bonchev–Trinajstić information content (AvgIpc) is 2.75. The quantitative estimate of drug-likeness (QED) is 0.256. The zero-order valence-corrected chi connectivity index (χ0v) is 20.2. The predicted molar refractivity (Wildman–Crippen MR) is 120 cm³/mol. The van der Waals surface area contributed by atoms with Crippen LogP contribution < -0.4 is 0 Å². The molecule has 0 aliphatic heterocycles. The van der Waals surface area contributed by atoms with Gasteiger partial charge >= 0.3 is 0 Å². The molecule has 6 heteroatoms. The first-order valence-electron chi connectivity index (χ1n) is 11.5. The highest BCUT2D eigenvalue weighted by atomic mass is 16.5. The lowest BCUT2D eigenvalue weighted by Gasteiger charge is -2.33. The molecule has 0 rings (SSSR count). The fourth-order valence-electron chi connectivity index (χ4n) is 2.79. The molecule has 2 N–H and O–H groups in total. The summed E-state index contributed by atoms with van der Waals surface area (Å²) >= 11 is 0. The molecule has 0 aromatic carbocycles. The topological polar surface area (TPSA) is 77.4 Å². The van der Waals surface area contributed by atoms with Crippen LogP contribution in [0.15, 0.2) is 0 Å². The zero-order chi connectivity index (χ0) is 22.9. The smallest absolute Gasteiger partial charge is 0.128 e. The maximum Gasteiger partial charge on any atom is 0.128 e. The van der Waals surface area contributed by atoms with Gasteiger partial charge < -0.3 is 29.2 Å². The van der Waals surface area contributed by atoms with Crippen LogP contribution in [0.5, 0.6) is 0 Å². The van der Waals surface area contributed by atoms with Gasteiger partial charge in [0.05, 0.1) is 26.4 Å². The molecule has 0 aliphatic carbocycles. The van der Waals surface area contributed by atoms with Crippen molar-refractivity contribution in [3.05, 3.63) is 0 Å². The largest absolute Gasteiger partial charge is 0.396 e. The molecule has 0 bridgehead atoms. The summed E-state index contributed by atoms with van der Waals surface area (Å²) in [5.74, 6) is 7.31. The Morgan fingerprint density at radius 1 is 0.667 bits per heavy atom. The summed E-state index contributed by atoms with van der Waals surface area (Å²) in [5, 5.41) is 17.6. The van der Waals surface area contributed by atoms with Gasteiger partial charge in [0.15, 0.2) is 0 Å². The molecular weight excluding hydrogens is 384 g/mol. The van der Waals surface area contributed by atoms with Crippen LogP contribution in [0.1, 0.15) is 67.2 Å². The van der Waals surface area contributed by atoms with Crippen LogP contribution in [0.4, 0.5) is 0 Å². The SMILES string of the molecule is CCC(C)C(C)(C#CC(C)(OCCOCCCO)C(C)CC)OCCOCCCO. The van der Waals surface area contributed by atoms with E-state index in [1.54, 1.807) is 0 Å². The van der Waals surface area contributed by atoms with Crippen molar-refractivity contribution in [2.45, 2.75) is 78.4 Å². The third-order valence-electron chi connectivity index (χ3n) is 5.82. The summed E-state index contributed by atoms with van der Waals surface area (Å²) in [5.41, 5.74) is -1.18. The summed E-state index contributed by atoms with van der Waals surface area (Å²) in [6, 6.07) is 0. The number of aliphatic hydroxyl groups is 2. The Bertz CT molecular complexity index is 434. The summed E-state index contributed by atoms with van der Waals surface area (Å²) in [4.78, 5) is 0. The molecule has 4 unspecified atom stereocenters. The molecule has 0 saturated carbocycles. The zero-order valence-electron chi connectivity index (χ0n) is 20.2. The van der Waals surface area contributed by atoms with E-state index in [0.717, 1.165) is 12.8 Å². The first-order chi connectivity index (χ1) is 14.3. The summed E-state index contributed by atoms with van der Waals surface area (Å²) in [7, 11) is 0. The van der Waals surface area contributed by atoms with Crippen molar-refractivity contribution in [1.29, 1.82) is 0 Å². The van der Waals surface area contributed by atoms with E-state index in [4.69, 9.17) is 29.2 Å². The third-order valence-corrected chi connectivity index (χ3v) is 5.82. The van der Waals surface area contributed by atoms with E-state index < -0.39 is 11.2 Å². The number of rotatable bonds is 18. The van der Waals surface area contributed by atoms with E-state index in [0.29, 0.717) is 52.5 Å². The predicted octanol–water partition coefficient (Wildman–Crippen LogP) is 3.43. The average molecular weight is 431 g/mol. The lowest BCUT2D eigenvalue weighted by Crippen LogP contribution is -2.39. The second-order valence-electron chi connectivity index (χ2n) is 8.16. The van der Waals surface area contributed by atoms with Crippen LogP contribution in [-0.2, 0) is 18.9 Å². The molecular formula is C24H46O6. The summed E-state index contributed by atoms with van der Waals surface area (Å²) in [6.07, 6.45) is 3.18. The molecule has 0 saturated heterocycles. The molecule has 0 aromatic heterocycles. The molecule has 4 atom stereocenters. The Hall–Kier alpha value is -0.680. The highest BCUT2D eigenvalue weighted by molar-refractivity contribution is 5.22. The second kappa shape index (κ2) is 16.9. The Kier molecular flexibility index (Phi) is 16.6. The molecule has 0 fully saturated rings. The molecule has 0 aromatic rings. The second-order valence-corrected chi connectivity index (χ2v) is 8.16. The van der Waals surface area contributed by atoms with Gasteiger partial charge in [0.1, 0.15) is 11.2 Å². The molecule has 178 valence electrons. The van der Waals surface area contributed by atoms with Crippen LogP contribution in [0.3, 0.4) is 0 Å². The summed E-state index contributed by atoms with van der Waals surface area (Å²) < 4.78 is 23.3. The van der Waals surface area contributed by atoms with E-state index in [2.05, 4.69) is 39.5 Å². The Morgan fingerprint density at radius 2 is 1.03 bits per heavy atom. The molecule has 0 radical (unpaired) electrons. The first kappa shape index (κ1) is 29.3. The fourth-order valence-corrected chi connectivity index (χ4v) is 2.79. The number of hydrogen-bond acceptors (Lipinski definition) is 6. The lowest BCUT2D eigenvalue weighted by atomic mass is 9.85. The van der Waals surface area contributed by atoms with E-state index in [1.807, 2.05) is 13.8 Å². The van der Waals surface area contributed by atoms with Crippen LogP contribution in [-0.4, -0.2) is 74.3 Å². The van der Waals surface area contributed by atoms with Gasteiger partial charge in [0.2, 0.25) is 0 Å². The molecule has 0 aliphatic rings. The van der Waals surface area contributed by atoms with Crippen LogP contribution in [0.25, 0.3) is 0 Å². The van der Waals surface area contributed by atoms with Gasteiger partial charge in [0.25, 0.3) is 0 Å². The number of ether oxygens (including phenoxy) is 4. The van der Waals surface area contributed by atoms with Crippen molar-refractivity contribution >= 4 is 0 Å². The van der Waals surface area contributed by atoms with Gasteiger partial charge in [-0.15, -0.1) is 0 Å². The number of aliphatic hydroxyl groups excluding tert-OH is 2. The highest BCUT2D eigenvalue weighted by Gasteiger charge is 2.33. The molecule has 0 amide bonds. The van der Waals surface area contributed by atoms with Gasteiger partial charge in [-0.1, -0.05) is 39.5 Å². The third kappa shape index (κ3) is 11.6.